The second-order valence-electron chi connectivity index (χ2n) is 6.09. The van der Waals surface area contributed by atoms with Crippen molar-refractivity contribution in [3.05, 3.63) is 66.1 Å². The largest absolute Gasteiger partial charge is 0.384 e. The van der Waals surface area contributed by atoms with Gasteiger partial charge in [-0.1, -0.05) is 0 Å². The van der Waals surface area contributed by atoms with Gasteiger partial charge >= 0.3 is 0 Å². The Morgan fingerprint density at radius 3 is 2.78 bits per heavy atom. The molecule has 27 heavy (non-hydrogen) atoms. The molecule has 0 aliphatic carbocycles. The standard InChI is InChI=1S/C20H18FN5O/c1-12-6-7-22-9-15(12)14-8-13(4-5-16(14)21)17-10-23-19-25-18(20(2,3)27)11-24-26(17)19/h4-11,27H,1-3H3/i2D3,3D3. The molecular weight excluding hydrogens is 345 g/mol. The van der Waals surface area contributed by atoms with Gasteiger partial charge in [-0.3, -0.25) is 4.98 Å². The van der Waals surface area contributed by atoms with E-state index in [4.69, 9.17) is 8.22 Å². The zero-order valence-corrected chi connectivity index (χ0v) is 14.2. The van der Waals surface area contributed by atoms with Gasteiger partial charge in [-0.05, 0) is 50.5 Å². The number of benzene rings is 1. The lowest BCUT2D eigenvalue weighted by molar-refractivity contribution is 0.0734. The molecule has 0 aliphatic heterocycles. The molecule has 3 aromatic heterocycles. The maximum atomic E-state index is 14.6. The summed E-state index contributed by atoms with van der Waals surface area (Å²) in [4.78, 5) is 12.1. The predicted octanol–water partition coefficient (Wildman–Crippen LogP) is 3.53. The lowest BCUT2D eigenvalue weighted by atomic mass is 9.99. The number of pyridine rings is 1. The van der Waals surface area contributed by atoms with Crippen LogP contribution in [0.1, 0.15) is 33.2 Å². The van der Waals surface area contributed by atoms with Crippen molar-refractivity contribution in [2.45, 2.75) is 26.2 Å². The van der Waals surface area contributed by atoms with E-state index >= 15 is 0 Å². The first-order valence-electron chi connectivity index (χ1n) is 11.0. The molecule has 0 atom stereocenters. The Morgan fingerprint density at radius 1 is 1.15 bits per heavy atom. The van der Waals surface area contributed by atoms with Crippen molar-refractivity contribution in [1.29, 1.82) is 0 Å². The number of aliphatic hydroxyl groups is 1. The van der Waals surface area contributed by atoms with Crippen molar-refractivity contribution < 1.29 is 17.7 Å². The molecule has 6 nitrogen and oxygen atoms in total. The Hall–Kier alpha value is -3.19. The van der Waals surface area contributed by atoms with Gasteiger partial charge in [0.2, 0.25) is 0 Å². The molecule has 0 radical (unpaired) electrons. The minimum Gasteiger partial charge on any atom is -0.384 e. The molecule has 3 heterocycles. The third-order valence-corrected chi connectivity index (χ3v) is 4.20. The van der Waals surface area contributed by atoms with Crippen LogP contribution in [-0.4, -0.2) is 29.7 Å². The summed E-state index contributed by atoms with van der Waals surface area (Å²) < 4.78 is 61.2. The normalized spacial score (nSPS) is 16.1. The number of aryl methyl sites for hydroxylation is 1. The SMILES string of the molecule is [2H]C([2H])([2H])C(O)(c1cnn2c(-c3ccc(F)c(-c4cnccc4C)c3)cnc2n1)C([2H])([2H])[2H]. The van der Waals surface area contributed by atoms with Crippen molar-refractivity contribution in [2.24, 2.45) is 0 Å². The van der Waals surface area contributed by atoms with Gasteiger partial charge in [0.15, 0.2) is 0 Å². The highest BCUT2D eigenvalue weighted by atomic mass is 19.1. The molecular formula is C20H18FN5O. The van der Waals surface area contributed by atoms with Gasteiger partial charge in [0.25, 0.3) is 5.78 Å². The Labute approximate surface area is 163 Å². The van der Waals surface area contributed by atoms with Crippen molar-refractivity contribution in [2.75, 3.05) is 0 Å². The summed E-state index contributed by atoms with van der Waals surface area (Å²) >= 11 is 0. The van der Waals surface area contributed by atoms with E-state index in [1.807, 2.05) is 6.92 Å². The second kappa shape index (κ2) is 6.21. The fourth-order valence-corrected chi connectivity index (χ4v) is 2.78. The van der Waals surface area contributed by atoms with E-state index in [9.17, 15) is 9.50 Å². The van der Waals surface area contributed by atoms with Crippen LogP contribution >= 0.6 is 0 Å². The number of halogens is 1. The zero-order chi connectivity index (χ0) is 24.2. The first kappa shape index (κ1) is 11.5. The van der Waals surface area contributed by atoms with Crippen LogP contribution in [0.25, 0.3) is 28.2 Å². The summed E-state index contributed by atoms with van der Waals surface area (Å²) in [6, 6.07) is 6.17. The molecule has 0 saturated carbocycles. The third-order valence-electron chi connectivity index (χ3n) is 4.20. The lowest BCUT2D eigenvalue weighted by Crippen LogP contribution is -2.19. The maximum absolute atomic E-state index is 14.6. The molecule has 1 aromatic carbocycles. The van der Waals surface area contributed by atoms with E-state index in [0.717, 1.165) is 11.8 Å². The van der Waals surface area contributed by atoms with E-state index in [2.05, 4.69) is 20.1 Å². The minimum absolute atomic E-state index is 0.127. The average Bonchev–Trinajstić information content (AvgIpc) is 3.16. The van der Waals surface area contributed by atoms with Gasteiger partial charge in [0.05, 0.1) is 23.8 Å². The van der Waals surface area contributed by atoms with Crippen molar-refractivity contribution in [1.82, 2.24) is 24.6 Å². The van der Waals surface area contributed by atoms with Crippen LogP contribution < -0.4 is 0 Å². The summed E-state index contributed by atoms with van der Waals surface area (Å²) in [6.07, 6.45) is 5.43. The number of hydrogen-bond acceptors (Lipinski definition) is 5. The topological polar surface area (TPSA) is 76.2 Å². The van der Waals surface area contributed by atoms with Crippen LogP contribution in [0.3, 0.4) is 0 Å². The highest BCUT2D eigenvalue weighted by Gasteiger charge is 2.20. The van der Waals surface area contributed by atoms with E-state index in [-0.39, 0.29) is 5.78 Å². The van der Waals surface area contributed by atoms with Gasteiger partial charge < -0.3 is 5.11 Å². The maximum Gasteiger partial charge on any atom is 0.251 e. The first-order valence-corrected chi connectivity index (χ1v) is 7.99. The third kappa shape index (κ3) is 3.06. The first-order chi connectivity index (χ1) is 15.3. The molecule has 0 spiro atoms. The molecule has 4 aromatic rings. The molecule has 0 unspecified atom stereocenters. The fourth-order valence-electron chi connectivity index (χ4n) is 2.78. The summed E-state index contributed by atoms with van der Waals surface area (Å²) in [6.45, 7) is -4.76. The number of nitrogens with zero attached hydrogens (tertiary/aromatic N) is 5. The highest BCUT2D eigenvalue weighted by molar-refractivity contribution is 5.74. The Kier molecular flexibility index (Phi) is 2.65. The molecule has 1 N–H and O–H groups in total. The van der Waals surface area contributed by atoms with E-state index in [0.29, 0.717) is 22.4 Å². The quantitative estimate of drug-likeness (QED) is 0.598. The Bertz CT molecular complexity index is 1340. The van der Waals surface area contributed by atoms with E-state index in [1.165, 1.54) is 22.8 Å². The van der Waals surface area contributed by atoms with Crippen LogP contribution in [0.4, 0.5) is 4.39 Å². The number of fused-ring (bicyclic) bond motifs is 1. The molecule has 0 amide bonds. The van der Waals surface area contributed by atoms with Gasteiger partial charge in [0.1, 0.15) is 11.4 Å². The molecule has 0 bridgehead atoms. The van der Waals surface area contributed by atoms with Crippen LogP contribution in [0.15, 0.2) is 49.1 Å². The van der Waals surface area contributed by atoms with Crippen molar-refractivity contribution >= 4 is 5.78 Å². The molecule has 4 rings (SSSR count). The van der Waals surface area contributed by atoms with Gasteiger partial charge in [-0.25, -0.2) is 14.4 Å². The second-order valence-corrected chi connectivity index (χ2v) is 6.09. The molecule has 0 fully saturated rings. The Balaban J connectivity index is 1.84. The summed E-state index contributed by atoms with van der Waals surface area (Å²) in [5, 5.41) is 14.7. The van der Waals surface area contributed by atoms with Crippen LogP contribution in [0, 0.1) is 12.7 Å². The predicted molar refractivity (Wildman–Crippen MR) is 99.4 cm³/mol. The molecule has 0 aliphatic rings. The van der Waals surface area contributed by atoms with E-state index in [1.54, 1.807) is 24.5 Å². The average molecular weight is 369 g/mol. The summed E-state index contributed by atoms with van der Waals surface area (Å²) in [5.74, 6) is -0.574. The number of imidazole rings is 1. The lowest BCUT2D eigenvalue weighted by Gasteiger charge is -2.15. The zero-order valence-electron chi connectivity index (χ0n) is 20.2. The number of hydrogen-bond donors (Lipinski definition) is 1. The van der Waals surface area contributed by atoms with Gasteiger partial charge in [-0.15, -0.1) is 0 Å². The van der Waals surface area contributed by atoms with Gasteiger partial charge in [0, 0.05) is 37.3 Å². The van der Waals surface area contributed by atoms with Crippen LogP contribution in [0.2, 0.25) is 0 Å². The number of aromatic nitrogens is 5. The fraction of sp³-hybridized carbons (Fsp3) is 0.200. The summed E-state index contributed by atoms with van der Waals surface area (Å²) in [5.41, 5.74) is -1.20. The van der Waals surface area contributed by atoms with Gasteiger partial charge in [-0.2, -0.15) is 9.61 Å². The van der Waals surface area contributed by atoms with Crippen LogP contribution in [0.5, 0.6) is 0 Å². The monoisotopic (exact) mass is 369 g/mol. The highest BCUT2D eigenvalue weighted by Crippen LogP contribution is 2.30. The van der Waals surface area contributed by atoms with Crippen LogP contribution in [-0.2, 0) is 5.60 Å². The van der Waals surface area contributed by atoms with Crippen molar-refractivity contribution in [3.8, 4) is 22.4 Å². The molecule has 136 valence electrons. The summed E-state index contributed by atoms with van der Waals surface area (Å²) in [7, 11) is 0. The van der Waals surface area contributed by atoms with E-state index < -0.39 is 30.8 Å². The number of rotatable bonds is 3. The Morgan fingerprint density at radius 2 is 2.00 bits per heavy atom. The minimum atomic E-state index is -3.30. The van der Waals surface area contributed by atoms with Crippen molar-refractivity contribution in [3.63, 3.8) is 0 Å². The smallest absolute Gasteiger partial charge is 0.251 e. The molecule has 0 saturated heterocycles. The molecule has 7 heteroatoms.